The molecule has 0 aromatic heterocycles. The fourth-order valence-electron chi connectivity index (χ4n) is 2.61. The normalized spacial score (nSPS) is 15.2. The molecular weight excluding hydrogens is 350 g/mol. The van der Waals surface area contributed by atoms with Crippen LogP contribution in [0.5, 0.6) is 0 Å². The van der Waals surface area contributed by atoms with E-state index in [9.17, 15) is 4.79 Å². The molecule has 0 bridgehead atoms. The number of carbonyl (C=O) groups is 1. The van der Waals surface area contributed by atoms with Crippen molar-refractivity contribution in [2.45, 2.75) is 18.2 Å². The summed E-state index contributed by atoms with van der Waals surface area (Å²) in [6.45, 7) is 1.99. The van der Waals surface area contributed by atoms with Crippen molar-refractivity contribution in [1.29, 1.82) is 0 Å². The maximum absolute atomic E-state index is 11.8. The molecule has 1 aliphatic heterocycles. The number of hydrogen-bond donors (Lipinski definition) is 0. The molecule has 0 saturated carbocycles. The second-order valence-electron chi connectivity index (χ2n) is 5.39. The molecule has 4 heteroatoms. The van der Waals surface area contributed by atoms with E-state index in [1.54, 1.807) is 4.90 Å². The molecule has 0 N–H and O–H groups in total. The van der Waals surface area contributed by atoms with E-state index in [0.717, 1.165) is 33.0 Å². The molecule has 0 spiro atoms. The van der Waals surface area contributed by atoms with Crippen LogP contribution in [0.3, 0.4) is 0 Å². The molecule has 2 nitrogen and oxygen atoms in total. The van der Waals surface area contributed by atoms with Gasteiger partial charge in [-0.25, -0.2) is 0 Å². The van der Waals surface area contributed by atoms with Crippen LogP contribution in [0.25, 0.3) is 0 Å². The van der Waals surface area contributed by atoms with Gasteiger partial charge in [-0.3, -0.25) is 4.79 Å². The number of aryl methyl sites for hydroxylation is 1. The summed E-state index contributed by atoms with van der Waals surface area (Å²) in [6.07, 6.45) is 0.480. The van der Waals surface area contributed by atoms with Crippen molar-refractivity contribution in [2.75, 3.05) is 11.9 Å². The van der Waals surface area contributed by atoms with Gasteiger partial charge in [-0.15, -0.1) is 0 Å². The fourth-order valence-corrected chi connectivity index (χ4v) is 3.37. The van der Waals surface area contributed by atoms with Gasteiger partial charge in [-0.05, 0) is 41.3 Å². The highest BCUT2D eigenvalue weighted by atomic mass is 79.9. The van der Waals surface area contributed by atoms with Gasteiger partial charge in [0.1, 0.15) is 0 Å². The van der Waals surface area contributed by atoms with Crippen LogP contribution in [0.15, 0.2) is 36.4 Å². The Labute approximate surface area is 137 Å². The van der Waals surface area contributed by atoms with E-state index in [1.165, 1.54) is 0 Å². The summed E-state index contributed by atoms with van der Waals surface area (Å²) in [5, 5.41) is 0.771. The monoisotopic (exact) mass is 363 g/mol. The number of nitrogens with zero attached hydrogens (tertiary/aromatic N) is 1. The molecule has 2 aromatic rings. The molecule has 1 heterocycles. The van der Waals surface area contributed by atoms with E-state index >= 15 is 0 Å². The molecule has 0 saturated heterocycles. The maximum atomic E-state index is 11.8. The lowest BCUT2D eigenvalue weighted by Crippen LogP contribution is -2.20. The predicted molar refractivity (Wildman–Crippen MR) is 90.5 cm³/mol. The number of anilines is 1. The van der Waals surface area contributed by atoms with Crippen LogP contribution < -0.4 is 4.90 Å². The second-order valence-corrected chi connectivity index (χ2v) is 6.71. The summed E-state index contributed by atoms with van der Waals surface area (Å²) in [7, 11) is 1.82. The number of fused-ring (bicyclic) bond motifs is 1. The molecular formula is C17H15BrClNO. The first kappa shape index (κ1) is 14.6. The van der Waals surface area contributed by atoms with Gasteiger partial charge in [-0.2, -0.15) is 0 Å². The predicted octanol–water partition coefficient (Wildman–Crippen LogP) is 4.65. The Hall–Kier alpha value is -1.32. The van der Waals surface area contributed by atoms with E-state index in [0.29, 0.717) is 6.42 Å². The Morgan fingerprint density at radius 2 is 1.86 bits per heavy atom. The summed E-state index contributed by atoms with van der Waals surface area (Å²) >= 11 is 9.94. The van der Waals surface area contributed by atoms with Crippen LogP contribution in [0.1, 0.15) is 27.1 Å². The zero-order valence-corrected chi connectivity index (χ0v) is 14.2. The molecule has 3 rings (SSSR count). The van der Waals surface area contributed by atoms with E-state index in [2.05, 4.69) is 34.1 Å². The van der Waals surface area contributed by atoms with Crippen molar-refractivity contribution in [3.63, 3.8) is 0 Å². The first-order valence-corrected chi connectivity index (χ1v) is 8.06. The van der Waals surface area contributed by atoms with Crippen molar-refractivity contribution < 1.29 is 4.79 Å². The minimum Gasteiger partial charge on any atom is -0.315 e. The van der Waals surface area contributed by atoms with E-state index in [1.807, 2.05) is 32.2 Å². The number of halogens is 2. The lowest BCUT2D eigenvalue weighted by Gasteiger charge is -2.15. The number of rotatable bonds is 2. The number of likely N-dealkylation sites (N-methyl/N-ethyl adjacent to an activating group) is 1. The van der Waals surface area contributed by atoms with Crippen molar-refractivity contribution in [3.8, 4) is 0 Å². The molecule has 108 valence electrons. The Morgan fingerprint density at radius 3 is 2.57 bits per heavy atom. The van der Waals surface area contributed by atoms with Crippen LogP contribution in [0, 0.1) is 6.92 Å². The summed E-state index contributed by atoms with van der Waals surface area (Å²) < 4.78 is 0. The van der Waals surface area contributed by atoms with Gasteiger partial charge in [0.15, 0.2) is 0 Å². The average Bonchev–Trinajstić information content (AvgIpc) is 2.76. The summed E-state index contributed by atoms with van der Waals surface area (Å²) in [5.41, 5.74) is 5.41. The third-order valence-electron chi connectivity index (χ3n) is 3.96. The van der Waals surface area contributed by atoms with Crippen LogP contribution in [0.4, 0.5) is 5.69 Å². The van der Waals surface area contributed by atoms with Crippen LogP contribution in [-0.2, 0) is 11.2 Å². The Morgan fingerprint density at radius 1 is 1.19 bits per heavy atom. The minimum absolute atomic E-state index is 0.0712. The smallest absolute Gasteiger partial charge is 0.231 e. The highest BCUT2D eigenvalue weighted by Crippen LogP contribution is 2.36. The summed E-state index contributed by atoms with van der Waals surface area (Å²) in [5.74, 6) is 0.145. The summed E-state index contributed by atoms with van der Waals surface area (Å²) in [4.78, 5) is 13.5. The van der Waals surface area contributed by atoms with Gasteiger partial charge in [0.25, 0.3) is 0 Å². The standard InChI is InChI=1S/C17H15BrClNO/c1-10-3-4-12(8-14(10)19)17(18)11-5-6-15-13(7-11)9-16(21)20(15)2/h3-8,17H,9H2,1-2H3. The highest BCUT2D eigenvalue weighted by molar-refractivity contribution is 9.09. The molecule has 1 unspecified atom stereocenters. The van der Waals surface area contributed by atoms with E-state index in [-0.39, 0.29) is 10.7 Å². The lowest BCUT2D eigenvalue weighted by molar-refractivity contribution is -0.117. The molecule has 1 atom stereocenters. The van der Waals surface area contributed by atoms with Gasteiger partial charge in [0.2, 0.25) is 5.91 Å². The Bertz CT molecular complexity index is 729. The highest BCUT2D eigenvalue weighted by Gasteiger charge is 2.25. The van der Waals surface area contributed by atoms with Gasteiger partial charge < -0.3 is 4.90 Å². The maximum Gasteiger partial charge on any atom is 0.231 e. The Balaban J connectivity index is 1.96. The van der Waals surface area contributed by atoms with Crippen molar-refractivity contribution in [1.82, 2.24) is 0 Å². The Kier molecular flexibility index (Phi) is 3.80. The molecule has 0 aliphatic carbocycles. The topological polar surface area (TPSA) is 20.3 Å². The molecule has 1 aliphatic rings. The van der Waals surface area contributed by atoms with Gasteiger partial charge >= 0.3 is 0 Å². The molecule has 1 amide bonds. The first-order valence-electron chi connectivity index (χ1n) is 6.77. The zero-order chi connectivity index (χ0) is 15.1. The zero-order valence-electron chi connectivity index (χ0n) is 11.9. The van der Waals surface area contributed by atoms with E-state index in [4.69, 9.17) is 11.6 Å². The lowest BCUT2D eigenvalue weighted by atomic mass is 10.0. The SMILES string of the molecule is Cc1ccc(C(Br)c2ccc3c(c2)CC(=O)N3C)cc1Cl. The van der Waals surface area contributed by atoms with Gasteiger partial charge in [0, 0.05) is 17.8 Å². The minimum atomic E-state index is 0.0712. The number of carbonyl (C=O) groups excluding carboxylic acids is 1. The van der Waals surface area contributed by atoms with Crippen molar-refractivity contribution >= 4 is 39.1 Å². The molecule has 0 fully saturated rings. The average molecular weight is 365 g/mol. The third-order valence-corrected chi connectivity index (χ3v) is 5.43. The quantitative estimate of drug-likeness (QED) is 0.710. The van der Waals surface area contributed by atoms with E-state index < -0.39 is 0 Å². The fraction of sp³-hybridized carbons (Fsp3) is 0.235. The van der Waals surface area contributed by atoms with Crippen LogP contribution in [0.2, 0.25) is 5.02 Å². The number of alkyl halides is 1. The van der Waals surface area contributed by atoms with Crippen LogP contribution >= 0.6 is 27.5 Å². The first-order chi connectivity index (χ1) is 9.97. The molecule has 0 radical (unpaired) electrons. The number of hydrogen-bond acceptors (Lipinski definition) is 1. The summed E-state index contributed by atoms with van der Waals surface area (Å²) in [6, 6.07) is 12.3. The van der Waals surface area contributed by atoms with Crippen molar-refractivity contribution in [3.05, 3.63) is 63.7 Å². The molecule has 21 heavy (non-hydrogen) atoms. The number of amides is 1. The number of benzene rings is 2. The van der Waals surface area contributed by atoms with Crippen molar-refractivity contribution in [2.24, 2.45) is 0 Å². The largest absolute Gasteiger partial charge is 0.315 e. The second kappa shape index (κ2) is 5.47. The van der Waals surface area contributed by atoms with Crippen LogP contribution in [-0.4, -0.2) is 13.0 Å². The van der Waals surface area contributed by atoms with Gasteiger partial charge in [0.05, 0.1) is 11.2 Å². The third kappa shape index (κ3) is 2.60. The van der Waals surface area contributed by atoms with Gasteiger partial charge in [-0.1, -0.05) is 51.8 Å². The molecule has 2 aromatic carbocycles.